The van der Waals surface area contributed by atoms with Crippen LogP contribution in [0.15, 0.2) is 29.2 Å². The summed E-state index contributed by atoms with van der Waals surface area (Å²) in [5, 5.41) is 0. The largest absolute Gasteiger partial charge is 0.369 e. The highest BCUT2D eigenvalue weighted by atomic mass is 32.2. The Balaban J connectivity index is 1.89. The van der Waals surface area contributed by atoms with E-state index in [9.17, 15) is 18.0 Å². The van der Waals surface area contributed by atoms with Crippen molar-refractivity contribution in [1.29, 1.82) is 0 Å². The molecule has 1 fully saturated rings. The second-order valence-corrected chi connectivity index (χ2v) is 8.05. The number of rotatable bonds is 5. The van der Waals surface area contributed by atoms with Gasteiger partial charge in [0, 0.05) is 25.4 Å². The molecule has 2 rings (SSSR count). The lowest BCUT2D eigenvalue weighted by Crippen LogP contribution is -2.42. The van der Waals surface area contributed by atoms with Crippen LogP contribution in [0.5, 0.6) is 0 Å². The summed E-state index contributed by atoms with van der Waals surface area (Å²) in [5.41, 5.74) is 6.24. The normalized spacial score (nSPS) is 16.3. The minimum absolute atomic E-state index is 0.0442. The number of amides is 2. The molecule has 1 aliphatic rings. The molecule has 1 aromatic carbocycles. The van der Waals surface area contributed by atoms with Gasteiger partial charge in [0.1, 0.15) is 0 Å². The van der Waals surface area contributed by atoms with Crippen LogP contribution in [0.4, 0.5) is 0 Å². The van der Waals surface area contributed by atoms with Gasteiger partial charge in [-0.25, -0.2) is 8.42 Å². The zero-order valence-electron chi connectivity index (χ0n) is 13.2. The molecule has 23 heavy (non-hydrogen) atoms. The van der Waals surface area contributed by atoms with E-state index < -0.39 is 9.84 Å². The highest BCUT2D eigenvalue weighted by Crippen LogP contribution is 2.18. The predicted molar refractivity (Wildman–Crippen MR) is 86.3 cm³/mol. The van der Waals surface area contributed by atoms with E-state index in [-0.39, 0.29) is 34.8 Å². The molecule has 1 aromatic rings. The molecule has 2 amide bonds. The number of sulfone groups is 1. The van der Waals surface area contributed by atoms with Gasteiger partial charge in [0.15, 0.2) is 9.84 Å². The third kappa shape index (κ3) is 4.54. The average Bonchev–Trinajstić information content (AvgIpc) is 2.53. The standard InChI is InChI=1S/C16H22N2O4S/c1-12-2-4-14(5-3-12)23(21,22)11-8-15(19)18-9-6-13(7-10-18)16(17)20/h2-5,13H,6-11H2,1H3,(H2,17,20). The molecular weight excluding hydrogens is 316 g/mol. The molecule has 0 spiro atoms. The van der Waals surface area contributed by atoms with Crippen LogP contribution in [0.1, 0.15) is 24.8 Å². The van der Waals surface area contributed by atoms with Crippen molar-refractivity contribution >= 4 is 21.7 Å². The molecule has 1 saturated heterocycles. The van der Waals surface area contributed by atoms with Gasteiger partial charge in [-0.1, -0.05) is 17.7 Å². The molecule has 1 aliphatic heterocycles. The van der Waals surface area contributed by atoms with Crippen LogP contribution in [0.2, 0.25) is 0 Å². The number of piperidine rings is 1. The molecule has 6 nitrogen and oxygen atoms in total. The lowest BCUT2D eigenvalue weighted by atomic mass is 9.96. The van der Waals surface area contributed by atoms with Crippen molar-refractivity contribution in [1.82, 2.24) is 4.90 Å². The molecule has 0 aromatic heterocycles. The number of hydrogen-bond donors (Lipinski definition) is 1. The smallest absolute Gasteiger partial charge is 0.223 e. The molecule has 1 heterocycles. The number of primary amides is 1. The van der Waals surface area contributed by atoms with Gasteiger partial charge in [0.25, 0.3) is 0 Å². The SMILES string of the molecule is Cc1ccc(S(=O)(=O)CCC(=O)N2CCC(C(N)=O)CC2)cc1. The highest BCUT2D eigenvalue weighted by molar-refractivity contribution is 7.91. The third-order valence-electron chi connectivity index (χ3n) is 4.21. The molecule has 0 radical (unpaired) electrons. The number of aryl methyl sites for hydroxylation is 1. The highest BCUT2D eigenvalue weighted by Gasteiger charge is 2.26. The van der Waals surface area contributed by atoms with Gasteiger partial charge in [-0.3, -0.25) is 9.59 Å². The average molecular weight is 338 g/mol. The second-order valence-electron chi connectivity index (χ2n) is 5.94. The first kappa shape index (κ1) is 17.5. The molecule has 7 heteroatoms. The van der Waals surface area contributed by atoms with Crippen LogP contribution < -0.4 is 5.73 Å². The molecule has 0 aliphatic carbocycles. The van der Waals surface area contributed by atoms with Gasteiger partial charge in [-0.05, 0) is 31.9 Å². The zero-order chi connectivity index (χ0) is 17.0. The number of nitrogens with two attached hydrogens (primary N) is 1. The van der Waals surface area contributed by atoms with Gasteiger partial charge in [0.2, 0.25) is 11.8 Å². The van der Waals surface area contributed by atoms with Gasteiger partial charge in [-0.2, -0.15) is 0 Å². The van der Waals surface area contributed by atoms with Gasteiger partial charge in [0.05, 0.1) is 10.6 Å². The molecular formula is C16H22N2O4S. The zero-order valence-corrected chi connectivity index (χ0v) is 14.0. The van der Waals surface area contributed by atoms with Gasteiger partial charge < -0.3 is 10.6 Å². The maximum absolute atomic E-state index is 12.2. The lowest BCUT2D eigenvalue weighted by molar-refractivity contribution is -0.134. The first-order valence-electron chi connectivity index (χ1n) is 7.66. The quantitative estimate of drug-likeness (QED) is 0.862. The second kappa shape index (κ2) is 7.12. The van der Waals surface area contributed by atoms with Crippen molar-refractivity contribution in [2.75, 3.05) is 18.8 Å². The molecule has 126 valence electrons. The lowest BCUT2D eigenvalue weighted by Gasteiger charge is -2.30. The fourth-order valence-electron chi connectivity index (χ4n) is 2.66. The van der Waals surface area contributed by atoms with Crippen LogP contribution in [0.25, 0.3) is 0 Å². The summed E-state index contributed by atoms with van der Waals surface area (Å²) < 4.78 is 24.5. The Kier molecular flexibility index (Phi) is 5.41. The summed E-state index contributed by atoms with van der Waals surface area (Å²) in [6.45, 7) is 2.80. The first-order chi connectivity index (χ1) is 10.8. The maximum atomic E-state index is 12.2. The minimum atomic E-state index is -3.46. The topological polar surface area (TPSA) is 97.5 Å². The van der Waals surface area contributed by atoms with E-state index >= 15 is 0 Å². The summed E-state index contributed by atoms with van der Waals surface area (Å²) in [4.78, 5) is 25.1. The first-order valence-corrected chi connectivity index (χ1v) is 9.31. The van der Waals surface area contributed by atoms with Crippen molar-refractivity contribution in [3.05, 3.63) is 29.8 Å². The number of nitrogens with zero attached hydrogens (tertiary/aromatic N) is 1. The molecule has 0 saturated carbocycles. The number of carbonyl (C=O) groups excluding carboxylic acids is 2. The summed E-state index contributed by atoms with van der Waals surface area (Å²) in [6, 6.07) is 6.60. The van der Waals surface area contributed by atoms with Crippen LogP contribution in [-0.2, 0) is 19.4 Å². The minimum Gasteiger partial charge on any atom is -0.369 e. The Hall–Kier alpha value is -1.89. The van der Waals surface area contributed by atoms with Gasteiger partial charge >= 0.3 is 0 Å². The summed E-state index contributed by atoms with van der Waals surface area (Å²) >= 11 is 0. The van der Waals surface area contributed by atoms with E-state index in [1.54, 1.807) is 29.2 Å². The number of likely N-dealkylation sites (tertiary alicyclic amines) is 1. The number of hydrogen-bond acceptors (Lipinski definition) is 4. The van der Waals surface area contributed by atoms with E-state index in [2.05, 4.69) is 0 Å². The van der Waals surface area contributed by atoms with Crippen LogP contribution in [0.3, 0.4) is 0 Å². The predicted octanol–water partition coefficient (Wildman–Crippen LogP) is 0.883. The van der Waals surface area contributed by atoms with Crippen molar-refractivity contribution in [3.63, 3.8) is 0 Å². The Morgan fingerprint density at radius 3 is 2.26 bits per heavy atom. The van der Waals surface area contributed by atoms with Gasteiger partial charge in [-0.15, -0.1) is 0 Å². The van der Waals surface area contributed by atoms with Crippen LogP contribution in [-0.4, -0.2) is 44.0 Å². The van der Waals surface area contributed by atoms with Crippen LogP contribution in [0, 0.1) is 12.8 Å². The van der Waals surface area contributed by atoms with E-state index in [1.165, 1.54) is 0 Å². The summed E-state index contributed by atoms with van der Waals surface area (Å²) in [6.07, 6.45) is 1.05. The fraction of sp³-hybridized carbons (Fsp3) is 0.500. The van der Waals surface area contributed by atoms with Crippen LogP contribution >= 0.6 is 0 Å². The number of carbonyl (C=O) groups is 2. The molecule has 0 unspecified atom stereocenters. The number of benzene rings is 1. The van der Waals surface area contributed by atoms with E-state index in [0.29, 0.717) is 25.9 Å². The molecule has 0 atom stereocenters. The summed E-state index contributed by atoms with van der Waals surface area (Å²) in [7, 11) is -3.46. The van der Waals surface area contributed by atoms with Crippen molar-refractivity contribution in [2.24, 2.45) is 11.7 Å². The maximum Gasteiger partial charge on any atom is 0.223 e. The van der Waals surface area contributed by atoms with E-state index in [0.717, 1.165) is 5.56 Å². The monoisotopic (exact) mass is 338 g/mol. The van der Waals surface area contributed by atoms with Crippen molar-refractivity contribution < 1.29 is 18.0 Å². The van der Waals surface area contributed by atoms with E-state index in [4.69, 9.17) is 5.73 Å². The molecule has 0 bridgehead atoms. The summed E-state index contributed by atoms with van der Waals surface area (Å²) in [5.74, 6) is -0.914. The Bertz CT molecular complexity index is 675. The van der Waals surface area contributed by atoms with Crippen molar-refractivity contribution in [3.8, 4) is 0 Å². The Morgan fingerprint density at radius 2 is 1.74 bits per heavy atom. The molecule has 2 N–H and O–H groups in total. The van der Waals surface area contributed by atoms with E-state index in [1.807, 2.05) is 6.92 Å². The van der Waals surface area contributed by atoms with Crippen molar-refractivity contribution in [2.45, 2.75) is 31.1 Å². The fourth-order valence-corrected chi connectivity index (χ4v) is 3.89. The Labute approximate surface area is 136 Å². The Morgan fingerprint density at radius 1 is 1.17 bits per heavy atom. The third-order valence-corrected chi connectivity index (χ3v) is 5.95.